The van der Waals surface area contributed by atoms with Crippen LogP contribution in [-0.4, -0.2) is 68.5 Å². The molecule has 1 saturated heterocycles. The van der Waals surface area contributed by atoms with Crippen LogP contribution in [0.15, 0.2) is 24.5 Å². The van der Waals surface area contributed by atoms with E-state index in [4.69, 9.17) is 0 Å². The lowest BCUT2D eigenvalue weighted by Gasteiger charge is -2.44. The standard InChI is InChI=1S/C22H23N7OS2/c1-28(2)14-9-29(10-14)22(30)12-3-5-15-17(7-12)31-21-19(15)20(23-11-24-21)25-13-4-6-16-18(8-13)32-27-26-16/h4,6,8,11-12,14H,3,5,7,9-10H2,1-2H3,(H,23,24,25)/t12-/m0/s1. The Balaban J connectivity index is 1.25. The van der Waals surface area contributed by atoms with Gasteiger partial charge >= 0.3 is 0 Å². The molecule has 8 nitrogen and oxygen atoms in total. The first-order chi connectivity index (χ1) is 15.6. The van der Waals surface area contributed by atoms with Crippen LogP contribution in [0.25, 0.3) is 20.4 Å². The van der Waals surface area contributed by atoms with Crippen molar-refractivity contribution in [1.29, 1.82) is 0 Å². The third-order valence-corrected chi connectivity index (χ3v) is 8.46. The average Bonchev–Trinajstić information content (AvgIpc) is 3.36. The number of carbonyl (C=O) groups is 1. The van der Waals surface area contributed by atoms with E-state index in [0.29, 0.717) is 11.9 Å². The number of aromatic nitrogens is 4. The molecule has 32 heavy (non-hydrogen) atoms. The number of carbonyl (C=O) groups excluding carboxylic acids is 1. The van der Waals surface area contributed by atoms with Gasteiger partial charge in [-0.3, -0.25) is 4.79 Å². The van der Waals surface area contributed by atoms with E-state index in [9.17, 15) is 4.79 Å². The molecule has 0 spiro atoms. The lowest BCUT2D eigenvalue weighted by molar-refractivity contribution is -0.142. The molecule has 0 unspecified atom stereocenters. The minimum absolute atomic E-state index is 0.0734. The predicted molar refractivity (Wildman–Crippen MR) is 128 cm³/mol. The first-order valence-electron chi connectivity index (χ1n) is 10.8. The molecule has 1 aliphatic carbocycles. The molecule has 4 heterocycles. The summed E-state index contributed by atoms with van der Waals surface area (Å²) in [4.78, 5) is 28.6. The second-order valence-corrected chi connectivity index (χ2v) is 10.7. The molecular formula is C22H23N7OS2. The van der Waals surface area contributed by atoms with Crippen molar-refractivity contribution in [1.82, 2.24) is 29.4 Å². The van der Waals surface area contributed by atoms with Gasteiger partial charge in [-0.2, -0.15) is 0 Å². The SMILES string of the molecule is CN(C)C1CN(C(=O)[C@H]2CCc3c(sc4ncnc(Nc5ccc6nnsc6c5)c34)C2)C1. The first-order valence-corrected chi connectivity index (χ1v) is 12.4. The van der Waals surface area contributed by atoms with Crippen LogP contribution in [0.3, 0.4) is 0 Å². The monoisotopic (exact) mass is 465 g/mol. The van der Waals surface area contributed by atoms with Gasteiger partial charge in [-0.05, 0) is 68.7 Å². The smallest absolute Gasteiger partial charge is 0.226 e. The van der Waals surface area contributed by atoms with Gasteiger partial charge in [0, 0.05) is 35.6 Å². The molecule has 6 rings (SSSR count). The number of aryl methyl sites for hydroxylation is 1. The molecule has 1 fully saturated rings. The van der Waals surface area contributed by atoms with Gasteiger partial charge in [0.2, 0.25) is 5.91 Å². The summed E-state index contributed by atoms with van der Waals surface area (Å²) in [6, 6.07) is 6.51. The van der Waals surface area contributed by atoms with Crippen LogP contribution in [0, 0.1) is 5.92 Å². The Bertz CT molecular complexity index is 1320. The van der Waals surface area contributed by atoms with Crippen molar-refractivity contribution in [2.75, 3.05) is 32.5 Å². The maximum atomic E-state index is 13.0. The number of amides is 1. The van der Waals surface area contributed by atoms with E-state index in [-0.39, 0.29) is 5.92 Å². The zero-order valence-electron chi connectivity index (χ0n) is 17.9. The Labute approximate surface area is 193 Å². The molecule has 1 amide bonds. The third kappa shape index (κ3) is 3.33. The van der Waals surface area contributed by atoms with Crippen molar-refractivity contribution in [2.24, 2.45) is 5.92 Å². The second-order valence-electron chi connectivity index (χ2n) is 8.79. The average molecular weight is 466 g/mol. The number of benzene rings is 1. The Morgan fingerprint density at radius 3 is 2.97 bits per heavy atom. The number of hydrogen-bond acceptors (Lipinski definition) is 9. The number of hydrogen-bond donors (Lipinski definition) is 1. The van der Waals surface area contributed by atoms with Crippen LogP contribution < -0.4 is 5.32 Å². The summed E-state index contributed by atoms with van der Waals surface area (Å²) in [6.07, 6.45) is 4.18. The van der Waals surface area contributed by atoms with Gasteiger partial charge in [-0.25, -0.2) is 9.97 Å². The lowest BCUT2D eigenvalue weighted by atomic mass is 9.86. The molecule has 1 atom stereocenters. The molecule has 3 aromatic heterocycles. The molecule has 0 radical (unpaired) electrons. The maximum Gasteiger partial charge on any atom is 0.226 e. The number of fused-ring (bicyclic) bond motifs is 4. The predicted octanol–water partition coefficient (Wildman–Crippen LogP) is 3.32. The summed E-state index contributed by atoms with van der Waals surface area (Å²) in [5.74, 6) is 1.21. The zero-order chi connectivity index (χ0) is 21.8. The van der Waals surface area contributed by atoms with Crippen molar-refractivity contribution < 1.29 is 4.79 Å². The molecule has 164 valence electrons. The van der Waals surface area contributed by atoms with Crippen LogP contribution in [0.2, 0.25) is 0 Å². The molecule has 4 aromatic rings. The Kier molecular flexibility index (Phi) is 4.81. The molecule has 1 aromatic carbocycles. The van der Waals surface area contributed by atoms with Crippen LogP contribution >= 0.6 is 22.9 Å². The van der Waals surface area contributed by atoms with Crippen molar-refractivity contribution in [3.8, 4) is 0 Å². The largest absolute Gasteiger partial charge is 0.340 e. The van der Waals surface area contributed by atoms with E-state index in [2.05, 4.69) is 49.9 Å². The van der Waals surface area contributed by atoms with Gasteiger partial charge in [0.1, 0.15) is 22.5 Å². The highest BCUT2D eigenvalue weighted by molar-refractivity contribution is 7.19. The Hall–Kier alpha value is -2.69. The number of likely N-dealkylation sites (N-methyl/N-ethyl adjacent to an activating group) is 1. The number of rotatable bonds is 4. The topological polar surface area (TPSA) is 87.1 Å². The normalized spacial score (nSPS) is 18.8. The minimum atomic E-state index is 0.0734. The number of nitrogens with zero attached hydrogens (tertiary/aromatic N) is 6. The summed E-state index contributed by atoms with van der Waals surface area (Å²) in [6.45, 7) is 1.70. The Morgan fingerprint density at radius 2 is 2.12 bits per heavy atom. The molecule has 0 saturated carbocycles. The Morgan fingerprint density at radius 1 is 1.25 bits per heavy atom. The van der Waals surface area contributed by atoms with Crippen LogP contribution in [0.4, 0.5) is 11.5 Å². The van der Waals surface area contributed by atoms with Gasteiger partial charge in [-0.15, -0.1) is 16.4 Å². The summed E-state index contributed by atoms with van der Waals surface area (Å²) in [7, 11) is 4.16. The number of anilines is 2. The van der Waals surface area contributed by atoms with Crippen molar-refractivity contribution in [3.05, 3.63) is 35.0 Å². The molecule has 0 bridgehead atoms. The van der Waals surface area contributed by atoms with Crippen molar-refractivity contribution in [2.45, 2.75) is 25.3 Å². The zero-order valence-corrected chi connectivity index (χ0v) is 19.5. The van der Waals surface area contributed by atoms with Gasteiger partial charge in [-0.1, -0.05) is 4.49 Å². The van der Waals surface area contributed by atoms with Crippen molar-refractivity contribution in [3.63, 3.8) is 0 Å². The number of thiophene rings is 1. The van der Waals surface area contributed by atoms with Gasteiger partial charge in [0.05, 0.1) is 10.1 Å². The summed E-state index contributed by atoms with van der Waals surface area (Å²) in [5, 5.41) is 8.68. The molecule has 2 aliphatic rings. The molecule has 10 heteroatoms. The lowest BCUT2D eigenvalue weighted by Crippen LogP contribution is -2.60. The molecule has 1 aliphatic heterocycles. The highest BCUT2D eigenvalue weighted by Crippen LogP contribution is 2.41. The van der Waals surface area contributed by atoms with Gasteiger partial charge < -0.3 is 15.1 Å². The minimum Gasteiger partial charge on any atom is -0.340 e. The number of likely N-dealkylation sites (tertiary alicyclic amines) is 1. The van der Waals surface area contributed by atoms with Gasteiger partial charge in [0.15, 0.2) is 0 Å². The van der Waals surface area contributed by atoms with Gasteiger partial charge in [0.25, 0.3) is 0 Å². The summed E-state index contributed by atoms with van der Waals surface area (Å²) in [5.41, 5.74) is 3.16. The fourth-order valence-corrected chi connectivity index (χ4v) is 6.49. The van der Waals surface area contributed by atoms with Crippen LogP contribution in [-0.2, 0) is 17.6 Å². The third-order valence-electron chi connectivity index (χ3n) is 6.61. The molecule has 1 N–H and O–H groups in total. The van der Waals surface area contributed by atoms with E-state index in [1.165, 1.54) is 22.0 Å². The highest BCUT2D eigenvalue weighted by Gasteiger charge is 2.37. The quantitative estimate of drug-likeness (QED) is 0.495. The van der Waals surface area contributed by atoms with E-state index in [1.807, 2.05) is 17.0 Å². The number of nitrogens with one attached hydrogen (secondary N) is 1. The molecular weight excluding hydrogens is 442 g/mol. The van der Waals surface area contributed by atoms with E-state index >= 15 is 0 Å². The van der Waals surface area contributed by atoms with Crippen LogP contribution in [0.1, 0.15) is 16.9 Å². The van der Waals surface area contributed by atoms with E-state index in [0.717, 1.165) is 64.3 Å². The van der Waals surface area contributed by atoms with Crippen molar-refractivity contribution >= 4 is 60.7 Å². The first kappa shape index (κ1) is 20.0. The fraction of sp³-hybridized carbons (Fsp3) is 0.409. The fourth-order valence-electron chi connectivity index (χ4n) is 4.63. The maximum absolute atomic E-state index is 13.0. The van der Waals surface area contributed by atoms with E-state index < -0.39 is 0 Å². The summed E-state index contributed by atoms with van der Waals surface area (Å²) < 4.78 is 5.05. The van der Waals surface area contributed by atoms with Crippen LogP contribution in [0.5, 0.6) is 0 Å². The highest BCUT2D eigenvalue weighted by atomic mass is 32.1. The second kappa shape index (κ2) is 7.72. The van der Waals surface area contributed by atoms with E-state index in [1.54, 1.807) is 17.7 Å². The summed E-state index contributed by atoms with van der Waals surface area (Å²) >= 11 is 3.09.